The van der Waals surface area contributed by atoms with Gasteiger partial charge in [0.05, 0.1) is 0 Å². The standard InChI is InChI=1S/C7H7BrS.Mg.2H/c1-9-7-5-3-2-4-6(7)8;;;/h2-5H,1H3;;;/q;+2;2*-1. The Kier molecular flexibility index (Phi) is 5.91. The summed E-state index contributed by atoms with van der Waals surface area (Å²) in [4.78, 5) is 1.29. The third-order valence-electron chi connectivity index (χ3n) is 1.06. The van der Waals surface area contributed by atoms with E-state index in [1.807, 2.05) is 18.2 Å². The van der Waals surface area contributed by atoms with Crippen LogP contribution in [0.25, 0.3) is 0 Å². The molecule has 0 radical (unpaired) electrons. The zero-order valence-electron chi connectivity index (χ0n) is 7.80. The van der Waals surface area contributed by atoms with Crippen LogP contribution in [-0.2, 0) is 0 Å². The fourth-order valence-electron chi connectivity index (χ4n) is 0.610. The normalized spacial score (nSPS) is 8.60. The molecule has 0 heterocycles. The van der Waals surface area contributed by atoms with Crippen LogP contribution in [-0.4, -0.2) is 29.3 Å². The Bertz CT molecular complexity index is 210. The molecule has 0 atom stereocenters. The summed E-state index contributed by atoms with van der Waals surface area (Å²) in [6.45, 7) is 0. The third-order valence-corrected chi connectivity index (χ3v) is 2.81. The van der Waals surface area contributed by atoms with E-state index in [9.17, 15) is 0 Å². The first kappa shape index (κ1) is 10.8. The van der Waals surface area contributed by atoms with E-state index in [0.29, 0.717) is 0 Å². The minimum absolute atomic E-state index is 0. The molecular formula is C7H9BrMgS. The van der Waals surface area contributed by atoms with Crippen molar-refractivity contribution in [1.29, 1.82) is 0 Å². The van der Waals surface area contributed by atoms with Gasteiger partial charge in [0.2, 0.25) is 0 Å². The van der Waals surface area contributed by atoms with E-state index >= 15 is 0 Å². The molecule has 52 valence electrons. The maximum Gasteiger partial charge on any atom is 2.00 e. The Morgan fingerprint density at radius 2 is 2.00 bits per heavy atom. The van der Waals surface area contributed by atoms with Gasteiger partial charge in [-0.15, -0.1) is 11.8 Å². The molecule has 0 N–H and O–H groups in total. The minimum atomic E-state index is 0. The van der Waals surface area contributed by atoms with Crippen molar-refractivity contribution in [1.82, 2.24) is 0 Å². The number of hydrogen-bond acceptors (Lipinski definition) is 1. The number of thioether (sulfide) groups is 1. The average Bonchev–Trinajstić information content (AvgIpc) is 1.89. The fourth-order valence-corrected chi connectivity index (χ4v) is 1.86. The van der Waals surface area contributed by atoms with Crippen LogP contribution < -0.4 is 0 Å². The first-order valence-electron chi connectivity index (χ1n) is 2.63. The topological polar surface area (TPSA) is 0 Å². The van der Waals surface area contributed by atoms with Crippen LogP contribution in [0.3, 0.4) is 0 Å². The summed E-state index contributed by atoms with van der Waals surface area (Å²) < 4.78 is 1.18. The molecule has 0 spiro atoms. The van der Waals surface area contributed by atoms with Crippen LogP contribution in [0.2, 0.25) is 0 Å². The van der Waals surface area contributed by atoms with Crippen molar-refractivity contribution < 1.29 is 2.85 Å². The summed E-state index contributed by atoms with van der Waals surface area (Å²) in [5.74, 6) is 0. The predicted octanol–water partition coefficient (Wildman–Crippen LogP) is 3.02. The molecule has 0 aliphatic carbocycles. The van der Waals surface area contributed by atoms with Crippen molar-refractivity contribution in [3.63, 3.8) is 0 Å². The predicted molar refractivity (Wildman–Crippen MR) is 53.9 cm³/mol. The van der Waals surface area contributed by atoms with Crippen LogP contribution in [0.15, 0.2) is 33.6 Å². The first-order chi connectivity index (χ1) is 4.34. The minimum Gasteiger partial charge on any atom is -1.00 e. The van der Waals surface area contributed by atoms with E-state index < -0.39 is 0 Å². The van der Waals surface area contributed by atoms with Crippen molar-refractivity contribution >= 4 is 50.7 Å². The summed E-state index contributed by atoms with van der Waals surface area (Å²) >= 11 is 5.18. The Balaban J connectivity index is -0.000000270. The van der Waals surface area contributed by atoms with Gasteiger partial charge in [-0.05, 0) is 34.3 Å². The second kappa shape index (κ2) is 5.46. The summed E-state index contributed by atoms with van der Waals surface area (Å²) in [6.07, 6.45) is 2.07. The quantitative estimate of drug-likeness (QED) is 0.527. The van der Waals surface area contributed by atoms with Crippen LogP contribution in [0, 0.1) is 0 Å². The molecule has 10 heavy (non-hydrogen) atoms. The van der Waals surface area contributed by atoms with Gasteiger partial charge in [0, 0.05) is 9.37 Å². The van der Waals surface area contributed by atoms with E-state index in [0.717, 1.165) is 0 Å². The molecule has 0 unspecified atom stereocenters. The van der Waals surface area contributed by atoms with Crippen molar-refractivity contribution in [3.8, 4) is 0 Å². The van der Waals surface area contributed by atoms with Gasteiger partial charge in [-0.2, -0.15) is 0 Å². The molecule has 0 fully saturated rings. The smallest absolute Gasteiger partial charge is 1.00 e. The average molecular weight is 229 g/mol. The van der Waals surface area contributed by atoms with Gasteiger partial charge in [-0.3, -0.25) is 0 Å². The van der Waals surface area contributed by atoms with Crippen LogP contribution in [0.1, 0.15) is 2.85 Å². The molecule has 0 aromatic heterocycles. The second-order valence-corrected chi connectivity index (χ2v) is 3.34. The van der Waals surface area contributed by atoms with Gasteiger partial charge in [0.25, 0.3) is 0 Å². The fraction of sp³-hybridized carbons (Fsp3) is 0.143. The molecule has 0 nitrogen and oxygen atoms in total. The van der Waals surface area contributed by atoms with Crippen LogP contribution >= 0.6 is 27.7 Å². The third kappa shape index (κ3) is 2.82. The SMILES string of the molecule is CSc1ccccc1Br.[H-].[H-].[Mg+2]. The molecule has 0 aliphatic heterocycles. The Hall–Kier alpha value is 0.816. The molecule has 3 heteroatoms. The van der Waals surface area contributed by atoms with Gasteiger partial charge >= 0.3 is 23.1 Å². The maximum atomic E-state index is 3.44. The van der Waals surface area contributed by atoms with E-state index in [1.54, 1.807) is 11.8 Å². The Morgan fingerprint density at radius 3 is 2.40 bits per heavy atom. The monoisotopic (exact) mass is 228 g/mol. The molecule has 1 aromatic carbocycles. The molecule has 0 saturated carbocycles. The molecule has 0 amide bonds. The van der Waals surface area contributed by atoms with Gasteiger partial charge in [0.15, 0.2) is 0 Å². The van der Waals surface area contributed by atoms with Crippen molar-refractivity contribution in [2.45, 2.75) is 4.90 Å². The number of rotatable bonds is 1. The molecule has 1 rings (SSSR count). The summed E-state index contributed by atoms with van der Waals surface area (Å²) in [5.41, 5.74) is 0. The van der Waals surface area contributed by atoms with Crippen molar-refractivity contribution in [3.05, 3.63) is 28.7 Å². The summed E-state index contributed by atoms with van der Waals surface area (Å²) in [7, 11) is 0. The van der Waals surface area contributed by atoms with Gasteiger partial charge in [0.1, 0.15) is 0 Å². The first-order valence-corrected chi connectivity index (χ1v) is 4.65. The Morgan fingerprint density at radius 1 is 1.40 bits per heavy atom. The summed E-state index contributed by atoms with van der Waals surface area (Å²) in [6, 6.07) is 8.20. The van der Waals surface area contributed by atoms with Crippen molar-refractivity contribution in [2.75, 3.05) is 6.26 Å². The number of halogens is 1. The van der Waals surface area contributed by atoms with E-state index in [1.165, 1.54) is 9.37 Å². The van der Waals surface area contributed by atoms with Gasteiger partial charge in [-0.25, -0.2) is 0 Å². The molecule has 0 bridgehead atoms. The largest absolute Gasteiger partial charge is 2.00 e. The maximum absolute atomic E-state index is 3.44. The molecule has 0 aliphatic rings. The van der Waals surface area contributed by atoms with Crippen LogP contribution in [0.4, 0.5) is 0 Å². The van der Waals surface area contributed by atoms with E-state index in [-0.39, 0.29) is 25.9 Å². The number of hydrogen-bond donors (Lipinski definition) is 0. The van der Waals surface area contributed by atoms with Gasteiger partial charge < -0.3 is 2.85 Å². The van der Waals surface area contributed by atoms with Crippen LogP contribution in [0.5, 0.6) is 0 Å². The van der Waals surface area contributed by atoms with E-state index in [4.69, 9.17) is 0 Å². The van der Waals surface area contributed by atoms with Gasteiger partial charge in [-0.1, -0.05) is 12.1 Å². The number of benzene rings is 1. The Labute approximate surface area is 93.0 Å². The summed E-state index contributed by atoms with van der Waals surface area (Å²) in [5, 5.41) is 0. The molecule has 1 aromatic rings. The van der Waals surface area contributed by atoms with E-state index in [2.05, 4.69) is 28.3 Å². The molecule has 0 saturated heterocycles. The zero-order valence-corrected chi connectivity index (χ0v) is 9.62. The van der Waals surface area contributed by atoms with Crippen molar-refractivity contribution in [2.24, 2.45) is 0 Å². The second-order valence-electron chi connectivity index (χ2n) is 1.63. The zero-order chi connectivity index (χ0) is 6.69. The molecular weight excluding hydrogens is 220 g/mol.